The van der Waals surface area contributed by atoms with Gasteiger partial charge in [0.05, 0.1) is 0 Å². The summed E-state index contributed by atoms with van der Waals surface area (Å²) in [5, 5.41) is 10.7. The van der Waals surface area contributed by atoms with Crippen LogP contribution in [0.25, 0.3) is 0 Å². The lowest BCUT2D eigenvalue weighted by molar-refractivity contribution is -0.390. The Kier molecular flexibility index (Phi) is 3.94. The lowest BCUT2D eigenvalue weighted by atomic mass is 10.3. The van der Waals surface area contributed by atoms with Crippen LogP contribution >= 0.6 is 0 Å². The Bertz CT molecular complexity index is 449. The van der Waals surface area contributed by atoms with Crippen molar-refractivity contribution in [2.24, 2.45) is 5.84 Å². The molecular formula is C9H12N4O4. The van der Waals surface area contributed by atoms with Crippen molar-refractivity contribution in [2.45, 2.75) is 20.0 Å². The molecule has 1 aromatic rings. The molecule has 1 heterocycles. The molecule has 1 aromatic heterocycles. The molecule has 0 radical (unpaired) electrons. The summed E-state index contributed by atoms with van der Waals surface area (Å²) < 4.78 is 5.12. The number of nitro groups is 1. The van der Waals surface area contributed by atoms with Crippen molar-refractivity contribution in [1.82, 2.24) is 10.4 Å². The molecular weight excluding hydrogens is 228 g/mol. The fraction of sp³-hybridized carbons (Fsp3) is 0.333. The van der Waals surface area contributed by atoms with Crippen molar-refractivity contribution < 1.29 is 14.5 Å². The Morgan fingerprint density at radius 3 is 2.82 bits per heavy atom. The van der Waals surface area contributed by atoms with Crippen LogP contribution in [0.15, 0.2) is 12.1 Å². The smallest absolute Gasteiger partial charge is 0.406 e. The maximum absolute atomic E-state index is 11.1. The number of ether oxygens (including phenoxy) is 1. The molecule has 1 amide bonds. The molecule has 92 valence electrons. The van der Waals surface area contributed by atoms with Crippen LogP contribution in [-0.4, -0.2) is 21.9 Å². The topological polar surface area (TPSA) is 120 Å². The number of pyridine rings is 1. The van der Waals surface area contributed by atoms with Crippen LogP contribution in [0.4, 0.5) is 5.82 Å². The van der Waals surface area contributed by atoms with E-state index >= 15 is 0 Å². The fourth-order valence-electron chi connectivity index (χ4n) is 1.11. The van der Waals surface area contributed by atoms with E-state index in [-0.39, 0.29) is 5.75 Å². The zero-order valence-corrected chi connectivity index (χ0v) is 9.34. The number of nitrogens with one attached hydrogen (secondary N) is 1. The molecule has 0 fully saturated rings. The summed E-state index contributed by atoms with van der Waals surface area (Å²) in [5.41, 5.74) is 2.38. The van der Waals surface area contributed by atoms with Crippen molar-refractivity contribution in [3.8, 4) is 5.75 Å². The van der Waals surface area contributed by atoms with Gasteiger partial charge in [0, 0.05) is 6.92 Å². The van der Waals surface area contributed by atoms with Crippen molar-refractivity contribution in [3.63, 3.8) is 0 Å². The zero-order chi connectivity index (χ0) is 13.0. The second-order valence-electron chi connectivity index (χ2n) is 3.30. The Morgan fingerprint density at radius 2 is 2.29 bits per heavy atom. The minimum Gasteiger partial charge on any atom is -0.472 e. The highest BCUT2D eigenvalue weighted by molar-refractivity contribution is 5.80. The molecule has 0 saturated heterocycles. The highest BCUT2D eigenvalue weighted by Crippen LogP contribution is 2.25. The van der Waals surface area contributed by atoms with Gasteiger partial charge < -0.3 is 14.9 Å². The number of nitrogens with zero attached hydrogens (tertiary/aromatic N) is 2. The zero-order valence-electron chi connectivity index (χ0n) is 9.34. The quantitative estimate of drug-likeness (QED) is 0.332. The summed E-state index contributed by atoms with van der Waals surface area (Å²) in [6.07, 6.45) is -0.941. The minimum absolute atomic E-state index is 0.0725. The van der Waals surface area contributed by atoms with E-state index in [0.717, 1.165) is 0 Å². The summed E-state index contributed by atoms with van der Waals surface area (Å²) in [7, 11) is 0. The number of nitrogens with two attached hydrogens (primary N) is 1. The minimum atomic E-state index is -0.941. The lowest BCUT2D eigenvalue weighted by Crippen LogP contribution is -2.40. The van der Waals surface area contributed by atoms with E-state index in [1.54, 1.807) is 13.0 Å². The number of carbonyl (C=O) groups excluding carboxylic acids is 1. The van der Waals surface area contributed by atoms with Crippen LogP contribution in [0, 0.1) is 17.0 Å². The van der Waals surface area contributed by atoms with E-state index in [0.29, 0.717) is 5.69 Å². The van der Waals surface area contributed by atoms with Crippen LogP contribution in [0.3, 0.4) is 0 Å². The van der Waals surface area contributed by atoms with Gasteiger partial charge in [-0.2, -0.15) is 0 Å². The predicted molar refractivity (Wildman–Crippen MR) is 58.0 cm³/mol. The Morgan fingerprint density at radius 1 is 1.65 bits per heavy atom. The molecule has 17 heavy (non-hydrogen) atoms. The van der Waals surface area contributed by atoms with Gasteiger partial charge in [0.25, 0.3) is 5.91 Å². The Balaban J connectivity index is 2.98. The summed E-state index contributed by atoms with van der Waals surface area (Å²) in [6, 6.07) is 2.94. The molecule has 1 rings (SSSR count). The summed E-state index contributed by atoms with van der Waals surface area (Å²) in [6.45, 7) is 3.04. The number of aromatic nitrogens is 1. The Hall–Kier alpha value is -2.22. The van der Waals surface area contributed by atoms with Gasteiger partial charge in [0.1, 0.15) is 5.69 Å². The van der Waals surface area contributed by atoms with E-state index in [9.17, 15) is 14.9 Å². The maximum atomic E-state index is 11.1. The third-order valence-electron chi connectivity index (χ3n) is 1.97. The molecule has 8 heteroatoms. The molecule has 0 spiro atoms. The molecule has 0 bridgehead atoms. The molecule has 1 atom stereocenters. The number of hydrazine groups is 1. The molecule has 0 aliphatic carbocycles. The average molecular weight is 240 g/mol. The molecule has 8 nitrogen and oxygen atoms in total. The standard InChI is InChI=1S/C9H12N4O4/c1-5-3-4-7(8(11-5)13(15)16)17-6(2)9(14)12-10/h3-4,6H,10H2,1-2H3,(H,12,14). The second-order valence-corrected chi connectivity index (χ2v) is 3.30. The van der Waals surface area contributed by atoms with Crippen molar-refractivity contribution in [3.05, 3.63) is 27.9 Å². The van der Waals surface area contributed by atoms with Crippen LogP contribution in [0.1, 0.15) is 12.6 Å². The fourth-order valence-corrected chi connectivity index (χ4v) is 1.11. The summed E-state index contributed by atoms with van der Waals surface area (Å²) in [4.78, 5) is 24.9. The van der Waals surface area contributed by atoms with Crippen LogP contribution in [-0.2, 0) is 4.79 Å². The predicted octanol–water partition coefficient (Wildman–Crippen LogP) is 0.0554. The van der Waals surface area contributed by atoms with E-state index in [4.69, 9.17) is 10.6 Å². The van der Waals surface area contributed by atoms with Gasteiger partial charge in [-0.25, -0.2) is 5.84 Å². The molecule has 0 aliphatic rings. The van der Waals surface area contributed by atoms with Gasteiger partial charge in [-0.15, -0.1) is 0 Å². The van der Waals surface area contributed by atoms with Gasteiger partial charge in [0.15, 0.2) is 6.10 Å². The van der Waals surface area contributed by atoms with Gasteiger partial charge in [-0.05, 0) is 29.0 Å². The first-order chi connectivity index (χ1) is 7.95. The number of hydrogen-bond acceptors (Lipinski definition) is 6. The van der Waals surface area contributed by atoms with Crippen molar-refractivity contribution >= 4 is 11.7 Å². The number of amides is 1. The van der Waals surface area contributed by atoms with Crippen molar-refractivity contribution in [1.29, 1.82) is 0 Å². The van der Waals surface area contributed by atoms with Gasteiger partial charge in [0.2, 0.25) is 5.75 Å². The van der Waals surface area contributed by atoms with E-state index < -0.39 is 22.8 Å². The lowest BCUT2D eigenvalue weighted by Gasteiger charge is -2.12. The van der Waals surface area contributed by atoms with Gasteiger partial charge in [-0.1, -0.05) is 0 Å². The van der Waals surface area contributed by atoms with E-state index in [1.165, 1.54) is 13.0 Å². The number of rotatable bonds is 4. The number of hydrogen-bond donors (Lipinski definition) is 2. The highest BCUT2D eigenvalue weighted by Gasteiger charge is 2.22. The number of carbonyl (C=O) groups is 1. The van der Waals surface area contributed by atoms with Crippen LogP contribution in [0.2, 0.25) is 0 Å². The first kappa shape index (κ1) is 12.8. The molecule has 3 N–H and O–H groups in total. The summed E-state index contributed by atoms with van der Waals surface area (Å²) in [5.74, 6) is 3.83. The first-order valence-corrected chi connectivity index (χ1v) is 4.75. The van der Waals surface area contributed by atoms with E-state index in [2.05, 4.69) is 4.98 Å². The highest BCUT2D eigenvalue weighted by atomic mass is 16.6. The van der Waals surface area contributed by atoms with Crippen LogP contribution < -0.4 is 16.0 Å². The SMILES string of the molecule is Cc1ccc(OC(C)C(=O)NN)c([N+](=O)[O-])n1. The van der Waals surface area contributed by atoms with Crippen molar-refractivity contribution in [2.75, 3.05) is 0 Å². The molecule has 0 aliphatic heterocycles. The van der Waals surface area contributed by atoms with Crippen LogP contribution in [0.5, 0.6) is 5.75 Å². The normalized spacial score (nSPS) is 11.7. The summed E-state index contributed by atoms with van der Waals surface area (Å²) >= 11 is 0. The van der Waals surface area contributed by atoms with E-state index in [1.807, 2.05) is 5.43 Å². The van der Waals surface area contributed by atoms with Gasteiger partial charge in [-0.3, -0.25) is 10.2 Å². The van der Waals surface area contributed by atoms with Gasteiger partial charge >= 0.3 is 5.82 Å². The largest absolute Gasteiger partial charge is 0.472 e. The average Bonchev–Trinajstić information content (AvgIpc) is 2.29. The first-order valence-electron chi connectivity index (χ1n) is 4.75. The molecule has 0 aromatic carbocycles. The molecule has 1 unspecified atom stereocenters. The molecule has 0 saturated carbocycles. The third kappa shape index (κ3) is 3.11. The second kappa shape index (κ2) is 5.21. The maximum Gasteiger partial charge on any atom is 0.406 e. The monoisotopic (exact) mass is 240 g/mol. The third-order valence-corrected chi connectivity index (χ3v) is 1.97. The Labute approximate surface area is 96.9 Å². The number of aryl methyl sites for hydroxylation is 1.